The Balaban J connectivity index is 1.54. The molecule has 1 heterocycles. The third kappa shape index (κ3) is 4.77. The number of amides is 2. The maximum Gasteiger partial charge on any atom is 0.321 e. The van der Waals surface area contributed by atoms with Gasteiger partial charge >= 0.3 is 6.03 Å². The summed E-state index contributed by atoms with van der Waals surface area (Å²) in [6.45, 7) is 1.25. The summed E-state index contributed by atoms with van der Waals surface area (Å²) in [5, 5.41) is 2.73. The molecule has 1 aliphatic rings. The molecular weight excluding hydrogens is 430 g/mol. The second-order valence-corrected chi connectivity index (χ2v) is 8.80. The van der Waals surface area contributed by atoms with Gasteiger partial charge in [-0.2, -0.15) is 4.31 Å². The molecule has 0 aromatic heterocycles. The first-order valence-corrected chi connectivity index (χ1v) is 10.7. The molecule has 0 spiro atoms. The summed E-state index contributed by atoms with van der Waals surface area (Å²) >= 11 is 3.45. The first kappa shape index (κ1) is 19.6. The van der Waals surface area contributed by atoms with Crippen LogP contribution in [0.4, 0.5) is 4.79 Å². The van der Waals surface area contributed by atoms with E-state index in [2.05, 4.69) is 21.2 Å². The van der Waals surface area contributed by atoms with Crippen molar-refractivity contribution in [3.8, 4) is 0 Å². The maximum absolute atomic E-state index is 12.6. The fourth-order valence-corrected chi connectivity index (χ4v) is 4.64. The average molecular weight is 450 g/mol. The van der Waals surface area contributed by atoms with Gasteiger partial charge in [0.15, 0.2) is 0 Å². The number of hydrogen-bond acceptors (Lipinski definition) is 3. The lowest BCUT2D eigenvalue weighted by atomic mass is 10.2. The van der Waals surface area contributed by atoms with Crippen molar-refractivity contribution in [2.45, 2.75) is 4.90 Å². The van der Waals surface area contributed by atoms with Crippen LogP contribution in [0.25, 0.3) is 6.08 Å². The molecule has 0 aliphatic carbocycles. The van der Waals surface area contributed by atoms with E-state index in [1.807, 2.05) is 24.3 Å². The van der Waals surface area contributed by atoms with Gasteiger partial charge < -0.3 is 10.2 Å². The zero-order valence-electron chi connectivity index (χ0n) is 14.6. The molecule has 1 N–H and O–H groups in total. The predicted octanol–water partition coefficient (Wildman–Crippen LogP) is 3.14. The molecule has 3 rings (SSSR count). The highest BCUT2D eigenvalue weighted by Crippen LogP contribution is 2.18. The minimum Gasteiger partial charge on any atom is -0.322 e. The van der Waals surface area contributed by atoms with E-state index in [1.54, 1.807) is 47.5 Å². The molecule has 0 saturated carbocycles. The smallest absolute Gasteiger partial charge is 0.321 e. The van der Waals surface area contributed by atoms with Crippen molar-refractivity contribution < 1.29 is 13.2 Å². The summed E-state index contributed by atoms with van der Waals surface area (Å²) in [5.74, 6) is 0. The van der Waals surface area contributed by atoms with E-state index >= 15 is 0 Å². The van der Waals surface area contributed by atoms with Gasteiger partial charge in [0, 0.05) is 36.9 Å². The van der Waals surface area contributed by atoms with Crippen LogP contribution in [-0.4, -0.2) is 49.8 Å². The van der Waals surface area contributed by atoms with Gasteiger partial charge in [-0.15, -0.1) is 0 Å². The third-order valence-electron chi connectivity index (χ3n) is 4.28. The Morgan fingerprint density at radius 2 is 1.59 bits per heavy atom. The van der Waals surface area contributed by atoms with Crippen LogP contribution >= 0.6 is 15.9 Å². The third-order valence-corrected chi connectivity index (χ3v) is 6.92. The van der Waals surface area contributed by atoms with E-state index in [0.717, 1.165) is 10.0 Å². The first-order valence-electron chi connectivity index (χ1n) is 8.50. The molecule has 0 bridgehead atoms. The zero-order valence-corrected chi connectivity index (χ0v) is 17.0. The Bertz CT molecular complexity index is 924. The summed E-state index contributed by atoms with van der Waals surface area (Å²) in [5.41, 5.74) is 0.955. The van der Waals surface area contributed by atoms with Gasteiger partial charge in [-0.05, 0) is 29.8 Å². The number of rotatable bonds is 4. The molecule has 1 saturated heterocycles. The molecule has 142 valence electrons. The number of nitrogens with one attached hydrogen (secondary N) is 1. The molecule has 1 fully saturated rings. The number of urea groups is 1. The van der Waals surface area contributed by atoms with Gasteiger partial charge in [-0.1, -0.05) is 52.3 Å². The van der Waals surface area contributed by atoms with Gasteiger partial charge in [0.2, 0.25) is 10.0 Å². The summed E-state index contributed by atoms with van der Waals surface area (Å²) < 4.78 is 27.6. The highest BCUT2D eigenvalue weighted by molar-refractivity contribution is 9.10. The fourth-order valence-electron chi connectivity index (χ4n) is 2.78. The molecule has 6 nitrogen and oxygen atoms in total. The Morgan fingerprint density at radius 1 is 0.963 bits per heavy atom. The summed E-state index contributed by atoms with van der Waals surface area (Å²) in [6.07, 6.45) is 3.40. The number of nitrogens with zero attached hydrogens (tertiary/aromatic N) is 2. The van der Waals surface area contributed by atoms with Crippen LogP contribution in [0.3, 0.4) is 0 Å². The van der Waals surface area contributed by atoms with Crippen LogP contribution < -0.4 is 5.32 Å². The van der Waals surface area contributed by atoms with Crippen molar-refractivity contribution in [1.29, 1.82) is 0 Å². The molecular formula is C19H20BrN3O3S. The molecule has 2 amide bonds. The fraction of sp³-hybridized carbons (Fsp3) is 0.211. The van der Waals surface area contributed by atoms with Crippen molar-refractivity contribution in [1.82, 2.24) is 14.5 Å². The number of carbonyl (C=O) groups excluding carboxylic acids is 1. The van der Waals surface area contributed by atoms with Gasteiger partial charge in [-0.3, -0.25) is 0 Å². The monoisotopic (exact) mass is 449 g/mol. The molecule has 0 unspecified atom stereocenters. The lowest BCUT2D eigenvalue weighted by Crippen LogP contribution is -2.52. The highest BCUT2D eigenvalue weighted by Gasteiger charge is 2.29. The van der Waals surface area contributed by atoms with Crippen molar-refractivity contribution in [3.63, 3.8) is 0 Å². The van der Waals surface area contributed by atoms with Gasteiger partial charge in [-0.25, -0.2) is 13.2 Å². The van der Waals surface area contributed by atoms with E-state index in [4.69, 9.17) is 0 Å². The minimum atomic E-state index is -3.51. The molecule has 8 heteroatoms. The van der Waals surface area contributed by atoms with E-state index in [-0.39, 0.29) is 24.0 Å². The van der Waals surface area contributed by atoms with Crippen molar-refractivity contribution >= 4 is 38.1 Å². The zero-order chi connectivity index (χ0) is 19.3. The molecule has 2 aromatic carbocycles. The van der Waals surface area contributed by atoms with Gasteiger partial charge in [0.25, 0.3) is 0 Å². The van der Waals surface area contributed by atoms with Crippen molar-refractivity contribution in [3.05, 3.63) is 70.8 Å². The number of piperazine rings is 1. The number of sulfonamides is 1. The quantitative estimate of drug-likeness (QED) is 0.779. The van der Waals surface area contributed by atoms with Gasteiger partial charge in [0.05, 0.1) is 4.90 Å². The van der Waals surface area contributed by atoms with Crippen molar-refractivity contribution in [2.75, 3.05) is 26.2 Å². The topological polar surface area (TPSA) is 69.7 Å². The summed E-state index contributed by atoms with van der Waals surface area (Å²) in [4.78, 5) is 14.2. The molecule has 0 radical (unpaired) electrons. The van der Waals surface area contributed by atoms with Crippen LogP contribution in [-0.2, 0) is 10.0 Å². The van der Waals surface area contributed by atoms with Gasteiger partial charge in [0.1, 0.15) is 0 Å². The summed E-state index contributed by atoms with van der Waals surface area (Å²) in [7, 11) is -3.51. The molecule has 27 heavy (non-hydrogen) atoms. The van der Waals surface area contributed by atoms with Crippen LogP contribution in [0.2, 0.25) is 0 Å². The molecule has 2 aromatic rings. The van der Waals surface area contributed by atoms with E-state index < -0.39 is 10.0 Å². The average Bonchev–Trinajstić information content (AvgIpc) is 2.70. The van der Waals surface area contributed by atoms with E-state index in [1.165, 1.54) is 4.31 Å². The standard InChI is InChI=1S/C19H20BrN3O3S/c20-18-9-5-4-6-16(18)10-11-21-19(24)22-12-14-23(15-13-22)27(25,26)17-7-2-1-3-8-17/h1-11H,12-15H2,(H,21,24)/b11-10+. The van der Waals surface area contributed by atoms with E-state index in [0.29, 0.717) is 13.1 Å². The predicted molar refractivity (Wildman–Crippen MR) is 108 cm³/mol. The Morgan fingerprint density at radius 3 is 2.26 bits per heavy atom. The van der Waals surface area contributed by atoms with Crippen LogP contribution in [0.15, 0.2) is 70.2 Å². The lowest BCUT2D eigenvalue weighted by Gasteiger charge is -2.33. The van der Waals surface area contributed by atoms with Crippen molar-refractivity contribution in [2.24, 2.45) is 0 Å². The van der Waals surface area contributed by atoms with Crippen LogP contribution in [0.1, 0.15) is 5.56 Å². The molecule has 1 aliphatic heterocycles. The lowest BCUT2D eigenvalue weighted by molar-refractivity contribution is 0.175. The number of halogens is 1. The van der Waals surface area contributed by atoms with Crippen LogP contribution in [0, 0.1) is 0 Å². The maximum atomic E-state index is 12.6. The normalized spacial score (nSPS) is 15.8. The van der Waals surface area contributed by atoms with Crippen LogP contribution in [0.5, 0.6) is 0 Å². The second-order valence-electron chi connectivity index (χ2n) is 6.01. The SMILES string of the molecule is O=C(N/C=C/c1ccccc1Br)N1CCN(S(=O)(=O)c2ccccc2)CC1. The van der Waals surface area contributed by atoms with E-state index in [9.17, 15) is 13.2 Å². The Kier molecular flexibility index (Phi) is 6.30. The summed E-state index contributed by atoms with van der Waals surface area (Å²) in [6, 6.07) is 15.8. The second kappa shape index (κ2) is 8.69. The number of hydrogen-bond donors (Lipinski definition) is 1. The Hall–Kier alpha value is -2.16. The largest absolute Gasteiger partial charge is 0.322 e. The highest BCUT2D eigenvalue weighted by atomic mass is 79.9. The number of carbonyl (C=O) groups is 1. The number of benzene rings is 2. The Labute approximate surface area is 167 Å². The molecule has 0 atom stereocenters. The first-order chi connectivity index (χ1) is 13.0. The minimum absolute atomic E-state index is 0.241.